The van der Waals surface area contributed by atoms with Gasteiger partial charge < -0.3 is 14.4 Å². The molecule has 3 aromatic rings. The molecule has 172 valence electrons. The minimum absolute atomic E-state index is 0.187. The smallest absolute Gasteiger partial charge is 0.128 e. The number of hydrogen-bond donors (Lipinski definition) is 1. The molecule has 1 atom stereocenters. The van der Waals surface area contributed by atoms with Gasteiger partial charge in [0, 0.05) is 30.5 Å². The molecule has 4 nitrogen and oxygen atoms in total. The van der Waals surface area contributed by atoms with Gasteiger partial charge in [-0.05, 0) is 55.6 Å². The van der Waals surface area contributed by atoms with Crippen molar-refractivity contribution >= 4 is 0 Å². The lowest BCUT2D eigenvalue weighted by Crippen LogP contribution is -2.36. The first kappa shape index (κ1) is 24.0. The zero-order chi connectivity index (χ0) is 22.9. The lowest BCUT2D eigenvalue weighted by molar-refractivity contribution is 0.0629. The van der Waals surface area contributed by atoms with E-state index in [1.807, 2.05) is 55.6 Å². The maximum atomic E-state index is 14.1. The number of ether oxygens (including phenoxy) is 1. The van der Waals surface area contributed by atoms with Crippen LogP contribution in [0.2, 0.25) is 0 Å². The topological polar surface area (TPSA) is 37.6 Å². The molecule has 3 rings (SSSR count). The van der Waals surface area contributed by atoms with Crippen molar-refractivity contribution in [1.29, 1.82) is 0 Å². The van der Waals surface area contributed by atoms with Crippen molar-refractivity contribution in [2.75, 3.05) is 19.7 Å². The summed E-state index contributed by atoms with van der Waals surface area (Å²) in [5, 5.41) is 10.7. The first-order valence-electron chi connectivity index (χ1n) is 11.4. The fourth-order valence-electron chi connectivity index (χ4n) is 3.72. The second-order valence-corrected chi connectivity index (χ2v) is 8.87. The molecule has 0 saturated heterocycles. The highest BCUT2D eigenvalue weighted by molar-refractivity contribution is 5.31. The van der Waals surface area contributed by atoms with E-state index in [9.17, 15) is 9.50 Å². The van der Waals surface area contributed by atoms with Crippen LogP contribution in [0.3, 0.4) is 0 Å². The number of nitrogens with zero attached hydrogens (tertiary/aromatic N) is 2. The van der Waals surface area contributed by atoms with Crippen molar-refractivity contribution in [3.05, 3.63) is 89.5 Å². The molecule has 1 unspecified atom stereocenters. The third kappa shape index (κ3) is 7.21. The summed E-state index contributed by atoms with van der Waals surface area (Å²) in [6, 6.07) is 18.8. The van der Waals surface area contributed by atoms with Gasteiger partial charge in [-0.3, -0.25) is 4.90 Å². The van der Waals surface area contributed by atoms with Gasteiger partial charge in [-0.15, -0.1) is 0 Å². The fraction of sp³-hybridized carbons (Fsp3) is 0.407. The lowest BCUT2D eigenvalue weighted by atomic mass is 10.1. The van der Waals surface area contributed by atoms with Crippen LogP contribution in [0.5, 0.6) is 5.75 Å². The number of benzene rings is 2. The molecule has 0 saturated carbocycles. The van der Waals surface area contributed by atoms with Crippen molar-refractivity contribution in [2.24, 2.45) is 5.92 Å². The number of aliphatic hydroxyl groups is 1. The highest BCUT2D eigenvalue weighted by atomic mass is 19.1. The van der Waals surface area contributed by atoms with Gasteiger partial charge in [0.1, 0.15) is 24.3 Å². The molecule has 0 aliphatic carbocycles. The van der Waals surface area contributed by atoms with Crippen molar-refractivity contribution < 1.29 is 14.2 Å². The Kier molecular flexibility index (Phi) is 8.89. The van der Waals surface area contributed by atoms with Gasteiger partial charge in [0.05, 0.1) is 6.54 Å². The summed E-state index contributed by atoms with van der Waals surface area (Å²) in [6.07, 6.45) is 2.43. The Balaban J connectivity index is 1.64. The molecule has 32 heavy (non-hydrogen) atoms. The maximum absolute atomic E-state index is 14.1. The van der Waals surface area contributed by atoms with E-state index >= 15 is 0 Å². The van der Waals surface area contributed by atoms with Crippen molar-refractivity contribution in [2.45, 2.75) is 46.4 Å². The number of para-hydroxylation sites is 1. The van der Waals surface area contributed by atoms with Crippen LogP contribution in [0, 0.1) is 18.7 Å². The average molecular weight is 439 g/mol. The Morgan fingerprint density at radius 3 is 2.53 bits per heavy atom. The molecule has 1 heterocycles. The Labute approximate surface area is 191 Å². The van der Waals surface area contributed by atoms with Gasteiger partial charge in [0.15, 0.2) is 0 Å². The highest BCUT2D eigenvalue weighted by Crippen LogP contribution is 2.17. The largest absolute Gasteiger partial charge is 0.491 e. The van der Waals surface area contributed by atoms with Gasteiger partial charge in [-0.25, -0.2) is 4.39 Å². The summed E-state index contributed by atoms with van der Waals surface area (Å²) < 4.78 is 22.1. The zero-order valence-electron chi connectivity index (χ0n) is 19.4. The minimum atomic E-state index is -0.600. The van der Waals surface area contributed by atoms with Crippen LogP contribution in [-0.4, -0.2) is 40.4 Å². The van der Waals surface area contributed by atoms with Crippen LogP contribution >= 0.6 is 0 Å². The van der Waals surface area contributed by atoms with Gasteiger partial charge in [0.25, 0.3) is 0 Å². The predicted molar refractivity (Wildman–Crippen MR) is 127 cm³/mol. The van der Waals surface area contributed by atoms with E-state index in [0.29, 0.717) is 31.1 Å². The molecule has 0 amide bonds. The monoisotopic (exact) mass is 438 g/mol. The highest BCUT2D eigenvalue weighted by Gasteiger charge is 2.16. The van der Waals surface area contributed by atoms with Gasteiger partial charge in [-0.2, -0.15) is 0 Å². The molecular weight excluding hydrogens is 403 g/mol. The van der Waals surface area contributed by atoms with E-state index in [4.69, 9.17) is 4.74 Å². The third-order valence-corrected chi connectivity index (χ3v) is 5.62. The fourth-order valence-corrected chi connectivity index (χ4v) is 3.72. The molecule has 0 fully saturated rings. The van der Waals surface area contributed by atoms with Crippen LogP contribution in [0.4, 0.5) is 4.39 Å². The molecule has 2 aromatic carbocycles. The SMILES string of the molecule is Cc1ccccc1OCC(O)CN(CCC(C)C)Cc1cccn1Cc1ccccc1F. The Hall–Kier alpha value is -2.63. The summed E-state index contributed by atoms with van der Waals surface area (Å²) in [5.41, 5.74) is 2.83. The standard InChI is InChI=1S/C27H35FN2O2/c1-21(2)14-16-29(19-25(31)20-32-27-13-7-4-9-22(27)3)18-24-11-8-15-30(24)17-23-10-5-6-12-26(23)28/h4-13,15,21,25,31H,14,16-20H2,1-3H3. The summed E-state index contributed by atoms with van der Waals surface area (Å²) in [5.74, 6) is 1.19. The van der Waals surface area contributed by atoms with E-state index in [-0.39, 0.29) is 12.4 Å². The maximum Gasteiger partial charge on any atom is 0.128 e. The molecule has 1 aromatic heterocycles. The minimum Gasteiger partial charge on any atom is -0.491 e. The van der Waals surface area contributed by atoms with E-state index in [2.05, 4.69) is 29.4 Å². The zero-order valence-corrected chi connectivity index (χ0v) is 19.4. The summed E-state index contributed by atoms with van der Waals surface area (Å²) in [7, 11) is 0. The van der Waals surface area contributed by atoms with E-state index in [1.165, 1.54) is 6.07 Å². The predicted octanol–water partition coefficient (Wildman–Crippen LogP) is 5.27. The van der Waals surface area contributed by atoms with E-state index in [0.717, 1.165) is 30.0 Å². The second kappa shape index (κ2) is 11.8. The quantitative estimate of drug-likeness (QED) is 0.418. The molecule has 1 N–H and O–H groups in total. The second-order valence-electron chi connectivity index (χ2n) is 8.87. The van der Waals surface area contributed by atoms with Gasteiger partial charge in [0.2, 0.25) is 0 Å². The summed E-state index contributed by atoms with van der Waals surface area (Å²) >= 11 is 0. The normalized spacial score (nSPS) is 12.5. The van der Waals surface area contributed by atoms with Gasteiger partial charge in [-0.1, -0.05) is 50.2 Å². The molecule has 0 bridgehead atoms. The van der Waals surface area contributed by atoms with Crippen LogP contribution in [0.1, 0.15) is 37.1 Å². The van der Waals surface area contributed by atoms with Crippen molar-refractivity contribution in [3.8, 4) is 5.75 Å². The molecule has 0 aliphatic rings. The molecule has 5 heteroatoms. The Bertz CT molecular complexity index is 970. The average Bonchev–Trinajstić information content (AvgIpc) is 3.19. The molecule has 0 spiro atoms. The number of halogens is 1. The first-order valence-corrected chi connectivity index (χ1v) is 11.4. The number of aliphatic hydroxyl groups excluding tert-OH is 1. The van der Waals surface area contributed by atoms with Crippen molar-refractivity contribution in [3.63, 3.8) is 0 Å². The van der Waals surface area contributed by atoms with E-state index in [1.54, 1.807) is 6.07 Å². The van der Waals surface area contributed by atoms with Gasteiger partial charge >= 0.3 is 0 Å². The summed E-state index contributed by atoms with van der Waals surface area (Å²) in [6.45, 7) is 9.24. The number of aryl methyl sites for hydroxylation is 1. The number of rotatable bonds is 12. The number of hydrogen-bond acceptors (Lipinski definition) is 3. The van der Waals surface area contributed by atoms with Crippen molar-refractivity contribution in [1.82, 2.24) is 9.47 Å². The first-order chi connectivity index (χ1) is 15.4. The van der Waals surface area contributed by atoms with Crippen LogP contribution in [0.15, 0.2) is 66.9 Å². The molecule has 0 radical (unpaired) electrons. The van der Waals surface area contributed by atoms with Crippen LogP contribution in [0.25, 0.3) is 0 Å². The lowest BCUT2D eigenvalue weighted by Gasteiger charge is -2.26. The van der Waals surface area contributed by atoms with Crippen LogP contribution < -0.4 is 4.74 Å². The Morgan fingerprint density at radius 2 is 1.78 bits per heavy atom. The summed E-state index contributed by atoms with van der Waals surface area (Å²) in [4.78, 5) is 2.26. The molecular formula is C27H35FN2O2. The van der Waals surface area contributed by atoms with Crippen LogP contribution in [-0.2, 0) is 13.1 Å². The molecule has 0 aliphatic heterocycles. The van der Waals surface area contributed by atoms with E-state index < -0.39 is 6.10 Å². The third-order valence-electron chi connectivity index (χ3n) is 5.62. The Morgan fingerprint density at radius 1 is 1.03 bits per heavy atom. The number of aromatic nitrogens is 1.